The summed E-state index contributed by atoms with van der Waals surface area (Å²) >= 11 is 0. The van der Waals surface area contributed by atoms with Crippen LogP contribution >= 0.6 is 0 Å². The molecule has 1 N–H and O–H groups in total. The number of hydrogen-bond donors (Lipinski definition) is 1. The third kappa shape index (κ3) is 2.81. The molecule has 0 amide bonds. The summed E-state index contributed by atoms with van der Waals surface area (Å²) in [6.07, 6.45) is 0.293. The second-order valence-electron chi connectivity index (χ2n) is 5.02. The van der Waals surface area contributed by atoms with Gasteiger partial charge in [0.05, 0.1) is 12.5 Å². The fourth-order valence-electron chi connectivity index (χ4n) is 1.77. The fraction of sp³-hybridized carbons (Fsp3) is 0.500. The molecule has 0 radical (unpaired) electrons. The van der Waals surface area contributed by atoms with E-state index in [2.05, 4.69) is 0 Å². The lowest BCUT2D eigenvalue weighted by Gasteiger charge is -2.29. The first kappa shape index (κ1) is 14.5. The second kappa shape index (κ2) is 5.38. The molecule has 0 saturated carbocycles. The highest BCUT2D eigenvalue weighted by atomic mass is 19.1. The minimum Gasteiger partial charge on any atom is -0.494 e. The molecule has 0 fully saturated rings. The zero-order valence-electron chi connectivity index (χ0n) is 11.2. The topological polar surface area (TPSA) is 46.5 Å². The highest BCUT2D eigenvalue weighted by Gasteiger charge is 2.36. The quantitative estimate of drug-likeness (QED) is 0.878. The van der Waals surface area contributed by atoms with E-state index in [0.29, 0.717) is 12.0 Å². The van der Waals surface area contributed by atoms with Crippen LogP contribution in [0.2, 0.25) is 0 Å². The fourth-order valence-corrected chi connectivity index (χ4v) is 1.77. The average Bonchev–Trinajstić information content (AvgIpc) is 2.28. The van der Waals surface area contributed by atoms with Gasteiger partial charge >= 0.3 is 5.97 Å². The molecule has 18 heavy (non-hydrogen) atoms. The molecule has 0 bridgehead atoms. The van der Waals surface area contributed by atoms with Crippen molar-refractivity contribution in [1.82, 2.24) is 0 Å². The van der Waals surface area contributed by atoms with Crippen LogP contribution in [-0.2, 0) is 11.2 Å². The van der Waals surface area contributed by atoms with Gasteiger partial charge in [-0.2, -0.15) is 0 Å². The van der Waals surface area contributed by atoms with Crippen LogP contribution in [0.1, 0.15) is 26.3 Å². The van der Waals surface area contributed by atoms with Gasteiger partial charge < -0.3 is 9.84 Å². The van der Waals surface area contributed by atoms with Gasteiger partial charge in [-0.25, -0.2) is 4.39 Å². The number of rotatable bonds is 5. The molecule has 3 nitrogen and oxygen atoms in total. The number of ether oxygens (including phenoxy) is 1. The van der Waals surface area contributed by atoms with E-state index in [1.807, 2.05) is 13.8 Å². The van der Waals surface area contributed by atoms with Gasteiger partial charge in [-0.15, -0.1) is 0 Å². The lowest BCUT2D eigenvalue weighted by molar-refractivity contribution is -0.150. The SMILES string of the molecule is COc1ccc(CC(C)(C(=O)O)C(C)C)cc1F. The Balaban J connectivity index is 3.02. The van der Waals surface area contributed by atoms with Crippen molar-refractivity contribution in [2.45, 2.75) is 27.2 Å². The van der Waals surface area contributed by atoms with Crippen molar-refractivity contribution in [3.8, 4) is 5.75 Å². The third-order valence-electron chi connectivity index (χ3n) is 3.55. The number of carbonyl (C=O) groups is 1. The average molecular weight is 254 g/mol. The van der Waals surface area contributed by atoms with E-state index in [1.165, 1.54) is 19.2 Å². The Labute approximate surface area is 107 Å². The monoisotopic (exact) mass is 254 g/mol. The van der Waals surface area contributed by atoms with Crippen LogP contribution < -0.4 is 4.74 Å². The summed E-state index contributed by atoms with van der Waals surface area (Å²) < 4.78 is 18.4. The number of benzene rings is 1. The van der Waals surface area contributed by atoms with Crippen molar-refractivity contribution in [2.24, 2.45) is 11.3 Å². The van der Waals surface area contributed by atoms with Gasteiger partial charge in [0.2, 0.25) is 0 Å². The molecule has 0 aliphatic rings. The Morgan fingerprint density at radius 1 is 1.50 bits per heavy atom. The lowest BCUT2D eigenvalue weighted by Crippen LogP contribution is -2.35. The Kier molecular flexibility index (Phi) is 4.33. The summed E-state index contributed by atoms with van der Waals surface area (Å²) in [5.74, 6) is -1.21. The maximum atomic E-state index is 13.6. The zero-order chi connectivity index (χ0) is 13.9. The minimum absolute atomic E-state index is 0.0415. The number of carboxylic acids is 1. The van der Waals surface area contributed by atoms with Gasteiger partial charge in [0.15, 0.2) is 11.6 Å². The lowest BCUT2D eigenvalue weighted by atomic mass is 9.74. The normalized spacial score (nSPS) is 14.3. The predicted octanol–water partition coefficient (Wildman–Crippen LogP) is 3.12. The molecular weight excluding hydrogens is 235 g/mol. The Morgan fingerprint density at radius 3 is 2.50 bits per heavy atom. The predicted molar refractivity (Wildman–Crippen MR) is 67.2 cm³/mol. The number of aliphatic carboxylic acids is 1. The van der Waals surface area contributed by atoms with Crippen LogP contribution in [0.3, 0.4) is 0 Å². The summed E-state index contributed by atoms with van der Waals surface area (Å²) in [4.78, 5) is 11.4. The first-order valence-corrected chi connectivity index (χ1v) is 5.87. The number of halogens is 1. The minimum atomic E-state index is -0.902. The van der Waals surface area contributed by atoms with Gasteiger partial charge in [0.25, 0.3) is 0 Å². The summed E-state index contributed by atoms with van der Waals surface area (Å²) in [7, 11) is 1.40. The van der Waals surface area contributed by atoms with E-state index >= 15 is 0 Å². The molecule has 4 heteroatoms. The van der Waals surface area contributed by atoms with E-state index in [-0.39, 0.29) is 11.7 Å². The van der Waals surface area contributed by atoms with Crippen LogP contribution in [0.5, 0.6) is 5.75 Å². The van der Waals surface area contributed by atoms with E-state index in [1.54, 1.807) is 13.0 Å². The Hall–Kier alpha value is -1.58. The molecule has 0 aliphatic carbocycles. The largest absolute Gasteiger partial charge is 0.494 e. The Bertz CT molecular complexity index is 443. The smallest absolute Gasteiger partial charge is 0.309 e. The van der Waals surface area contributed by atoms with Crippen LogP contribution in [0, 0.1) is 17.2 Å². The van der Waals surface area contributed by atoms with E-state index < -0.39 is 17.2 Å². The third-order valence-corrected chi connectivity index (χ3v) is 3.55. The number of methoxy groups -OCH3 is 1. The van der Waals surface area contributed by atoms with Crippen molar-refractivity contribution < 1.29 is 19.0 Å². The highest BCUT2D eigenvalue weighted by Crippen LogP contribution is 2.32. The first-order chi connectivity index (χ1) is 8.31. The van der Waals surface area contributed by atoms with E-state index in [9.17, 15) is 14.3 Å². The van der Waals surface area contributed by atoms with Gasteiger partial charge in [0, 0.05) is 0 Å². The molecule has 100 valence electrons. The molecular formula is C14H19FO3. The van der Waals surface area contributed by atoms with Gasteiger partial charge in [-0.1, -0.05) is 19.9 Å². The molecule has 0 spiro atoms. The summed E-state index contributed by atoms with van der Waals surface area (Å²) in [5.41, 5.74) is -0.243. The van der Waals surface area contributed by atoms with Crippen molar-refractivity contribution in [3.63, 3.8) is 0 Å². The van der Waals surface area contributed by atoms with Crippen molar-refractivity contribution in [3.05, 3.63) is 29.6 Å². The van der Waals surface area contributed by atoms with Crippen molar-refractivity contribution in [2.75, 3.05) is 7.11 Å². The molecule has 1 rings (SSSR count). The van der Waals surface area contributed by atoms with Gasteiger partial charge in [0.1, 0.15) is 0 Å². The summed E-state index contributed by atoms with van der Waals surface area (Å²) in [5, 5.41) is 9.32. The van der Waals surface area contributed by atoms with Crippen molar-refractivity contribution in [1.29, 1.82) is 0 Å². The second-order valence-corrected chi connectivity index (χ2v) is 5.02. The molecule has 1 unspecified atom stereocenters. The van der Waals surface area contributed by atoms with Crippen LogP contribution in [0.25, 0.3) is 0 Å². The standard InChI is InChI=1S/C14H19FO3/c1-9(2)14(3,13(16)17)8-10-5-6-12(18-4)11(15)7-10/h5-7,9H,8H2,1-4H3,(H,16,17). The summed E-state index contributed by atoms with van der Waals surface area (Å²) in [6, 6.07) is 4.56. The molecule has 0 saturated heterocycles. The number of carboxylic acid groups (broad SMARTS) is 1. The highest BCUT2D eigenvalue weighted by molar-refractivity contribution is 5.75. The zero-order valence-corrected chi connectivity index (χ0v) is 11.2. The maximum Gasteiger partial charge on any atom is 0.309 e. The van der Waals surface area contributed by atoms with E-state index in [4.69, 9.17) is 4.74 Å². The molecule has 0 aliphatic heterocycles. The first-order valence-electron chi connectivity index (χ1n) is 5.87. The summed E-state index contributed by atoms with van der Waals surface area (Å²) in [6.45, 7) is 5.39. The van der Waals surface area contributed by atoms with Crippen LogP contribution in [0.4, 0.5) is 4.39 Å². The van der Waals surface area contributed by atoms with Crippen LogP contribution in [0.15, 0.2) is 18.2 Å². The van der Waals surface area contributed by atoms with Gasteiger partial charge in [-0.05, 0) is 37.0 Å². The van der Waals surface area contributed by atoms with Gasteiger partial charge in [-0.3, -0.25) is 4.79 Å². The molecule has 1 aromatic carbocycles. The van der Waals surface area contributed by atoms with Crippen LogP contribution in [-0.4, -0.2) is 18.2 Å². The molecule has 1 aromatic rings. The number of hydrogen-bond acceptors (Lipinski definition) is 2. The van der Waals surface area contributed by atoms with E-state index in [0.717, 1.165) is 0 Å². The Morgan fingerprint density at radius 2 is 2.11 bits per heavy atom. The molecule has 0 aromatic heterocycles. The molecule has 1 atom stereocenters. The van der Waals surface area contributed by atoms with Crippen molar-refractivity contribution >= 4 is 5.97 Å². The maximum absolute atomic E-state index is 13.6. The molecule has 0 heterocycles.